The maximum absolute atomic E-state index is 5.92. The van der Waals surface area contributed by atoms with Crippen molar-refractivity contribution in [3.8, 4) is 11.5 Å². The van der Waals surface area contributed by atoms with Gasteiger partial charge in [-0.05, 0) is 19.0 Å². The Morgan fingerprint density at radius 2 is 2.24 bits per heavy atom. The van der Waals surface area contributed by atoms with Gasteiger partial charge in [0.1, 0.15) is 11.5 Å². The highest BCUT2D eigenvalue weighted by atomic mass is 16.5. The molecule has 0 aliphatic heterocycles. The Hall–Kier alpha value is -2.01. The second-order valence-corrected chi connectivity index (χ2v) is 4.76. The van der Waals surface area contributed by atoms with Crippen LogP contribution in [-0.4, -0.2) is 29.8 Å². The number of hydrogen-bond donors (Lipinski definition) is 1. The second kappa shape index (κ2) is 8.32. The van der Waals surface area contributed by atoms with Crippen molar-refractivity contribution in [2.75, 3.05) is 20.3 Å². The van der Waals surface area contributed by atoms with Crippen LogP contribution in [0, 0.1) is 0 Å². The summed E-state index contributed by atoms with van der Waals surface area (Å²) in [5.74, 6) is 1.71. The van der Waals surface area contributed by atoms with Gasteiger partial charge in [-0.3, -0.25) is 0 Å². The highest BCUT2D eigenvalue weighted by Crippen LogP contribution is 2.25. The summed E-state index contributed by atoms with van der Waals surface area (Å²) in [4.78, 5) is 4.03. The molecule has 0 fully saturated rings. The molecule has 21 heavy (non-hydrogen) atoms. The molecule has 1 aromatic carbocycles. The average Bonchev–Trinajstić information content (AvgIpc) is 3.03. The van der Waals surface area contributed by atoms with Crippen molar-refractivity contribution >= 4 is 0 Å². The summed E-state index contributed by atoms with van der Waals surface area (Å²) < 4.78 is 13.2. The number of aromatic nitrogens is 2. The van der Waals surface area contributed by atoms with E-state index in [9.17, 15) is 0 Å². The van der Waals surface area contributed by atoms with E-state index in [0.29, 0.717) is 6.61 Å². The van der Waals surface area contributed by atoms with Crippen LogP contribution in [0.5, 0.6) is 11.5 Å². The molecule has 2 rings (SSSR count). The lowest BCUT2D eigenvalue weighted by Crippen LogP contribution is -2.13. The Kier molecular flexibility index (Phi) is 6.09. The molecule has 1 N–H and O–H groups in total. The number of imidazole rings is 1. The fraction of sp³-hybridized carbons (Fsp3) is 0.438. The van der Waals surface area contributed by atoms with Gasteiger partial charge in [-0.15, -0.1) is 0 Å². The van der Waals surface area contributed by atoms with Crippen LogP contribution < -0.4 is 14.8 Å². The quantitative estimate of drug-likeness (QED) is 0.720. The van der Waals surface area contributed by atoms with E-state index in [-0.39, 0.29) is 0 Å². The monoisotopic (exact) mass is 289 g/mol. The third-order valence-electron chi connectivity index (χ3n) is 3.22. The van der Waals surface area contributed by atoms with Gasteiger partial charge in [0.25, 0.3) is 0 Å². The number of nitrogens with zero attached hydrogens (tertiary/aromatic N) is 2. The van der Waals surface area contributed by atoms with Gasteiger partial charge in [0.05, 0.1) is 20.0 Å². The molecule has 0 aliphatic rings. The minimum absolute atomic E-state index is 0.671. The van der Waals surface area contributed by atoms with Crippen LogP contribution in [0.4, 0.5) is 0 Å². The predicted molar refractivity (Wildman–Crippen MR) is 82.7 cm³/mol. The molecular weight excluding hydrogens is 266 g/mol. The lowest BCUT2D eigenvalue weighted by atomic mass is 10.2. The van der Waals surface area contributed by atoms with Crippen molar-refractivity contribution in [3.63, 3.8) is 0 Å². The molecule has 1 heterocycles. The molecule has 0 bridgehead atoms. The van der Waals surface area contributed by atoms with Crippen molar-refractivity contribution in [2.24, 2.45) is 0 Å². The maximum atomic E-state index is 5.92. The molecule has 0 saturated heterocycles. The number of hydrogen-bond acceptors (Lipinski definition) is 4. The molecule has 2 aromatic rings. The Bertz CT molecular complexity index is 526. The molecule has 0 atom stereocenters. The van der Waals surface area contributed by atoms with Crippen LogP contribution in [0.15, 0.2) is 36.9 Å². The minimum atomic E-state index is 0.671. The van der Waals surface area contributed by atoms with Crippen LogP contribution in [-0.2, 0) is 13.1 Å². The van der Waals surface area contributed by atoms with E-state index >= 15 is 0 Å². The van der Waals surface area contributed by atoms with Crippen molar-refractivity contribution in [3.05, 3.63) is 42.5 Å². The van der Waals surface area contributed by atoms with E-state index in [1.807, 2.05) is 30.7 Å². The van der Waals surface area contributed by atoms with Crippen LogP contribution in [0.3, 0.4) is 0 Å². The minimum Gasteiger partial charge on any atom is -0.497 e. The Labute approximate surface area is 125 Å². The SMILES string of the molecule is CCNCc1ccc(OC)cc1OCCCn1ccnc1. The molecule has 0 radical (unpaired) electrons. The van der Waals surface area contributed by atoms with Gasteiger partial charge in [-0.1, -0.05) is 13.0 Å². The number of benzene rings is 1. The van der Waals surface area contributed by atoms with E-state index < -0.39 is 0 Å². The van der Waals surface area contributed by atoms with E-state index in [2.05, 4.69) is 21.8 Å². The fourth-order valence-corrected chi connectivity index (χ4v) is 2.05. The standard InChI is InChI=1S/C16H23N3O2/c1-3-17-12-14-5-6-15(20-2)11-16(14)21-10-4-8-19-9-7-18-13-19/h5-7,9,11,13,17H,3-4,8,10,12H2,1-2H3. The molecule has 114 valence electrons. The van der Waals surface area contributed by atoms with E-state index in [4.69, 9.17) is 9.47 Å². The second-order valence-electron chi connectivity index (χ2n) is 4.76. The molecular formula is C16H23N3O2. The largest absolute Gasteiger partial charge is 0.497 e. The van der Waals surface area contributed by atoms with E-state index in [1.165, 1.54) is 0 Å². The van der Waals surface area contributed by atoms with E-state index in [0.717, 1.165) is 43.1 Å². The highest BCUT2D eigenvalue weighted by Gasteiger charge is 2.05. The van der Waals surface area contributed by atoms with Crippen molar-refractivity contribution in [1.82, 2.24) is 14.9 Å². The summed E-state index contributed by atoms with van der Waals surface area (Å²) in [5.41, 5.74) is 1.15. The molecule has 0 spiro atoms. The number of nitrogens with one attached hydrogen (secondary N) is 1. The first-order valence-corrected chi connectivity index (χ1v) is 7.29. The highest BCUT2D eigenvalue weighted by molar-refractivity contribution is 5.40. The number of methoxy groups -OCH3 is 1. The van der Waals surface area contributed by atoms with Crippen LogP contribution in [0.1, 0.15) is 18.9 Å². The fourth-order valence-electron chi connectivity index (χ4n) is 2.05. The Balaban J connectivity index is 1.89. The van der Waals surface area contributed by atoms with Crippen LogP contribution in [0.25, 0.3) is 0 Å². The Morgan fingerprint density at radius 3 is 2.95 bits per heavy atom. The van der Waals surface area contributed by atoms with Crippen molar-refractivity contribution in [2.45, 2.75) is 26.4 Å². The first kappa shape index (κ1) is 15.4. The first-order chi connectivity index (χ1) is 10.3. The summed E-state index contributed by atoms with van der Waals surface area (Å²) in [5, 5.41) is 3.32. The number of ether oxygens (including phenoxy) is 2. The van der Waals surface area contributed by atoms with Crippen LogP contribution >= 0.6 is 0 Å². The normalized spacial score (nSPS) is 10.6. The molecule has 0 saturated carbocycles. The zero-order valence-corrected chi connectivity index (χ0v) is 12.7. The zero-order valence-electron chi connectivity index (χ0n) is 12.7. The molecule has 5 heteroatoms. The van der Waals surface area contributed by atoms with Gasteiger partial charge >= 0.3 is 0 Å². The zero-order chi connectivity index (χ0) is 14.9. The first-order valence-electron chi connectivity index (χ1n) is 7.29. The van der Waals surface area contributed by atoms with Gasteiger partial charge in [0.2, 0.25) is 0 Å². The van der Waals surface area contributed by atoms with Gasteiger partial charge in [-0.2, -0.15) is 0 Å². The Morgan fingerprint density at radius 1 is 1.33 bits per heavy atom. The van der Waals surface area contributed by atoms with E-state index in [1.54, 1.807) is 13.3 Å². The molecule has 1 aromatic heterocycles. The summed E-state index contributed by atoms with van der Waals surface area (Å²) in [6.45, 7) is 5.41. The third kappa shape index (κ3) is 4.79. The third-order valence-corrected chi connectivity index (χ3v) is 3.22. The predicted octanol–water partition coefficient (Wildman–Crippen LogP) is 2.47. The number of aryl methyl sites for hydroxylation is 1. The van der Waals surface area contributed by atoms with Crippen molar-refractivity contribution < 1.29 is 9.47 Å². The smallest absolute Gasteiger partial charge is 0.127 e. The summed E-state index contributed by atoms with van der Waals surface area (Å²) in [6.07, 6.45) is 6.51. The summed E-state index contributed by atoms with van der Waals surface area (Å²) in [6, 6.07) is 5.96. The van der Waals surface area contributed by atoms with Gasteiger partial charge in [0.15, 0.2) is 0 Å². The molecule has 0 amide bonds. The van der Waals surface area contributed by atoms with Gasteiger partial charge in [0, 0.05) is 37.1 Å². The lowest BCUT2D eigenvalue weighted by molar-refractivity contribution is 0.296. The topological polar surface area (TPSA) is 48.3 Å². The molecule has 0 aliphatic carbocycles. The van der Waals surface area contributed by atoms with Gasteiger partial charge in [-0.25, -0.2) is 4.98 Å². The van der Waals surface area contributed by atoms with Crippen molar-refractivity contribution in [1.29, 1.82) is 0 Å². The maximum Gasteiger partial charge on any atom is 0.127 e. The number of rotatable bonds is 9. The summed E-state index contributed by atoms with van der Waals surface area (Å²) >= 11 is 0. The average molecular weight is 289 g/mol. The molecule has 5 nitrogen and oxygen atoms in total. The summed E-state index contributed by atoms with van der Waals surface area (Å²) in [7, 11) is 1.67. The lowest BCUT2D eigenvalue weighted by Gasteiger charge is -2.13. The molecule has 0 unspecified atom stereocenters. The van der Waals surface area contributed by atoms with Crippen LogP contribution in [0.2, 0.25) is 0 Å². The van der Waals surface area contributed by atoms with Gasteiger partial charge < -0.3 is 19.4 Å².